The van der Waals surface area contributed by atoms with Crippen LogP contribution in [0.3, 0.4) is 0 Å². The molecule has 0 unspecified atom stereocenters. The van der Waals surface area contributed by atoms with Crippen LogP contribution in [-0.2, 0) is 9.63 Å². The third-order valence-corrected chi connectivity index (χ3v) is 1.36. The van der Waals surface area contributed by atoms with Gasteiger partial charge in [0, 0.05) is 7.05 Å². The van der Waals surface area contributed by atoms with Crippen molar-refractivity contribution in [3.8, 4) is 0 Å². The molecular formula is C6H10NO2. The molecule has 1 aliphatic carbocycles. The smallest absolute Gasteiger partial charge is 0.253 e. The van der Waals surface area contributed by atoms with E-state index in [1.54, 1.807) is 7.05 Å². The van der Waals surface area contributed by atoms with E-state index in [0.29, 0.717) is 0 Å². The predicted octanol–water partition coefficient (Wildman–Crippen LogP) is 0.374. The van der Waals surface area contributed by atoms with E-state index in [1.165, 1.54) is 12.2 Å². The minimum Gasteiger partial charge on any atom is -0.275 e. The quantitative estimate of drug-likeness (QED) is 0.503. The third-order valence-electron chi connectivity index (χ3n) is 1.36. The van der Waals surface area contributed by atoms with E-state index in [9.17, 15) is 4.79 Å². The summed E-state index contributed by atoms with van der Waals surface area (Å²) in [6, 6.07) is 0. The van der Waals surface area contributed by atoms with E-state index >= 15 is 0 Å². The van der Waals surface area contributed by atoms with Crippen LogP contribution in [-0.4, -0.2) is 25.1 Å². The number of hydrogen-bond donors (Lipinski definition) is 0. The molecule has 1 amide bonds. The van der Waals surface area contributed by atoms with Crippen LogP contribution in [0.2, 0.25) is 0 Å². The lowest BCUT2D eigenvalue weighted by Crippen LogP contribution is -2.25. The monoisotopic (exact) mass is 128 g/mol. The van der Waals surface area contributed by atoms with Gasteiger partial charge in [-0.1, -0.05) is 0 Å². The highest BCUT2D eigenvalue weighted by molar-refractivity contribution is 5.92. The van der Waals surface area contributed by atoms with Crippen LogP contribution in [0.4, 0.5) is 0 Å². The van der Waals surface area contributed by atoms with Crippen molar-refractivity contribution in [3.63, 3.8) is 0 Å². The van der Waals surface area contributed by atoms with Gasteiger partial charge >= 0.3 is 0 Å². The maximum absolute atomic E-state index is 10.9. The Hall–Kier alpha value is -0.570. The fourth-order valence-corrected chi connectivity index (χ4v) is 0.582. The molecule has 1 rings (SSSR count). The molecule has 1 aliphatic rings. The first-order chi connectivity index (χ1) is 4.25. The van der Waals surface area contributed by atoms with Gasteiger partial charge in [0.05, 0.1) is 13.0 Å². The minimum atomic E-state index is 0.0255. The van der Waals surface area contributed by atoms with E-state index in [0.717, 1.165) is 18.8 Å². The van der Waals surface area contributed by atoms with E-state index in [-0.39, 0.29) is 5.91 Å². The van der Waals surface area contributed by atoms with Crippen molar-refractivity contribution in [2.24, 2.45) is 0 Å². The minimum absolute atomic E-state index is 0.0255. The van der Waals surface area contributed by atoms with Gasteiger partial charge in [0.2, 0.25) is 0 Å². The fourth-order valence-electron chi connectivity index (χ4n) is 0.582. The molecule has 0 aromatic heterocycles. The first-order valence-corrected chi connectivity index (χ1v) is 2.92. The van der Waals surface area contributed by atoms with Gasteiger partial charge in [-0.3, -0.25) is 9.63 Å². The first-order valence-electron chi connectivity index (χ1n) is 2.92. The molecule has 0 atom stereocenters. The summed E-state index contributed by atoms with van der Waals surface area (Å²) in [6.45, 7) is 0. The molecule has 0 spiro atoms. The van der Waals surface area contributed by atoms with Crippen molar-refractivity contribution in [1.82, 2.24) is 5.06 Å². The average Bonchev–Trinajstić information content (AvgIpc) is 2.66. The van der Waals surface area contributed by atoms with Crippen molar-refractivity contribution in [1.29, 1.82) is 0 Å². The number of carbonyl (C=O) groups excluding carboxylic acids is 1. The number of hydrogen-bond acceptors (Lipinski definition) is 2. The van der Waals surface area contributed by atoms with Gasteiger partial charge in [-0.25, -0.2) is 5.06 Å². The van der Waals surface area contributed by atoms with Crippen LogP contribution in [0.5, 0.6) is 0 Å². The van der Waals surface area contributed by atoms with Gasteiger partial charge in [0.1, 0.15) is 0 Å². The Morgan fingerprint density at radius 3 is 2.56 bits per heavy atom. The molecule has 0 aromatic carbocycles. The van der Waals surface area contributed by atoms with Crippen molar-refractivity contribution in [2.45, 2.75) is 12.8 Å². The number of rotatable bonds is 2. The van der Waals surface area contributed by atoms with E-state index in [2.05, 4.69) is 4.84 Å². The molecule has 0 aliphatic heterocycles. The molecule has 1 radical (unpaired) electrons. The Morgan fingerprint density at radius 2 is 2.22 bits per heavy atom. The normalized spacial score (nSPS) is 17.6. The van der Waals surface area contributed by atoms with Crippen LogP contribution in [0.1, 0.15) is 12.8 Å². The summed E-state index contributed by atoms with van der Waals surface area (Å²) in [5, 5.41) is 1.25. The van der Waals surface area contributed by atoms with Crippen molar-refractivity contribution in [2.75, 3.05) is 14.2 Å². The van der Waals surface area contributed by atoms with Crippen LogP contribution < -0.4 is 0 Å². The molecule has 51 valence electrons. The Labute approximate surface area is 54.5 Å². The van der Waals surface area contributed by atoms with Gasteiger partial charge in [0.15, 0.2) is 0 Å². The first kappa shape index (κ1) is 6.55. The number of carbonyl (C=O) groups is 1. The molecule has 0 N–H and O–H groups in total. The highest BCUT2D eigenvalue weighted by Crippen LogP contribution is 2.33. The summed E-state index contributed by atoms with van der Waals surface area (Å²) in [7, 11) is 3.11. The molecule has 9 heavy (non-hydrogen) atoms. The summed E-state index contributed by atoms with van der Waals surface area (Å²) >= 11 is 0. The standard InChI is InChI=1S/C6H10NO2/c1-7(9-2)6(8)5-3-4-5/h3-4H2,1-2H3. The summed E-state index contributed by atoms with van der Waals surface area (Å²) < 4.78 is 0. The summed E-state index contributed by atoms with van der Waals surface area (Å²) in [5.74, 6) is 0.997. The number of amides is 1. The third kappa shape index (κ3) is 1.42. The zero-order valence-corrected chi connectivity index (χ0v) is 5.68. The lowest BCUT2D eigenvalue weighted by molar-refractivity contribution is -0.165. The second-order valence-electron chi connectivity index (χ2n) is 2.09. The van der Waals surface area contributed by atoms with Gasteiger partial charge in [-0.2, -0.15) is 0 Å². The Balaban J connectivity index is 2.31. The largest absolute Gasteiger partial charge is 0.275 e. The van der Waals surface area contributed by atoms with Gasteiger partial charge in [-0.15, -0.1) is 0 Å². The molecule has 0 aromatic rings. The Morgan fingerprint density at radius 1 is 1.67 bits per heavy atom. The summed E-state index contributed by atoms with van der Waals surface area (Å²) in [6.07, 6.45) is 1.90. The summed E-state index contributed by atoms with van der Waals surface area (Å²) in [5.41, 5.74) is 0. The SMILES string of the molecule is CON(C)C(=O)[C]1CC1. The van der Waals surface area contributed by atoms with E-state index < -0.39 is 0 Å². The molecule has 3 nitrogen and oxygen atoms in total. The molecule has 0 heterocycles. The Kier molecular flexibility index (Phi) is 1.71. The van der Waals surface area contributed by atoms with Crippen LogP contribution in [0, 0.1) is 5.92 Å². The van der Waals surface area contributed by atoms with Crippen molar-refractivity contribution < 1.29 is 9.63 Å². The lowest BCUT2D eigenvalue weighted by atomic mass is 10.4. The lowest BCUT2D eigenvalue weighted by Gasteiger charge is -2.11. The molecular weight excluding hydrogens is 118 g/mol. The maximum atomic E-state index is 10.9. The van der Waals surface area contributed by atoms with Gasteiger partial charge in [-0.05, 0) is 12.8 Å². The average molecular weight is 128 g/mol. The van der Waals surface area contributed by atoms with Gasteiger partial charge < -0.3 is 0 Å². The fraction of sp³-hybridized carbons (Fsp3) is 0.667. The van der Waals surface area contributed by atoms with E-state index in [1.807, 2.05) is 0 Å². The van der Waals surface area contributed by atoms with E-state index in [4.69, 9.17) is 0 Å². The topological polar surface area (TPSA) is 29.5 Å². The number of nitrogens with zero attached hydrogens (tertiary/aromatic N) is 1. The Bertz CT molecular complexity index is 120. The number of hydroxylamine groups is 2. The second-order valence-corrected chi connectivity index (χ2v) is 2.09. The molecule has 1 saturated carbocycles. The molecule has 0 bridgehead atoms. The molecule has 0 saturated heterocycles. The highest BCUT2D eigenvalue weighted by Gasteiger charge is 2.33. The zero-order chi connectivity index (χ0) is 6.85. The summed E-state index contributed by atoms with van der Waals surface area (Å²) in [4.78, 5) is 15.6. The van der Waals surface area contributed by atoms with Crippen molar-refractivity contribution >= 4 is 5.91 Å². The predicted molar refractivity (Wildman–Crippen MR) is 32.3 cm³/mol. The molecule has 3 heteroatoms. The maximum Gasteiger partial charge on any atom is 0.253 e. The van der Waals surface area contributed by atoms with Crippen LogP contribution >= 0.6 is 0 Å². The zero-order valence-electron chi connectivity index (χ0n) is 5.68. The van der Waals surface area contributed by atoms with Crippen molar-refractivity contribution in [3.05, 3.63) is 5.92 Å². The van der Waals surface area contributed by atoms with Crippen LogP contribution in [0.15, 0.2) is 0 Å². The molecule has 1 fully saturated rings. The van der Waals surface area contributed by atoms with Gasteiger partial charge in [0.25, 0.3) is 5.91 Å². The highest BCUT2D eigenvalue weighted by atomic mass is 16.7. The second kappa shape index (κ2) is 2.35. The van der Waals surface area contributed by atoms with Crippen LogP contribution in [0.25, 0.3) is 0 Å².